The summed E-state index contributed by atoms with van der Waals surface area (Å²) >= 11 is 1.51. The van der Waals surface area contributed by atoms with Crippen LogP contribution in [0.2, 0.25) is 0 Å². The molecule has 5 heteroatoms. The summed E-state index contributed by atoms with van der Waals surface area (Å²) in [7, 11) is 0. The van der Waals surface area contributed by atoms with E-state index < -0.39 is 11.6 Å². The Labute approximate surface area is 108 Å². The second-order valence-electron chi connectivity index (χ2n) is 4.27. The first-order valence-electron chi connectivity index (χ1n) is 5.71. The van der Waals surface area contributed by atoms with E-state index in [0.29, 0.717) is 11.3 Å². The molecule has 18 heavy (non-hydrogen) atoms. The molecule has 0 amide bonds. The molecule has 2 aromatic rings. The fraction of sp³-hybridized carbons (Fsp3) is 0.308. The lowest BCUT2D eigenvalue weighted by molar-refractivity contribution is 0.509. The highest BCUT2D eigenvalue weighted by atomic mass is 32.1. The highest BCUT2D eigenvalue weighted by Crippen LogP contribution is 2.24. The number of thiazole rings is 1. The van der Waals surface area contributed by atoms with E-state index in [-0.39, 0.29) is 6.04 Å². The van der Waals surface area contributed by atoms with Gasteiger partial charge in [0.1, 0.15) is 0 Å². The summed E-state index contributed by atoms with van der Waals surface area (Å²) in [6.45, 7) is 1.95. The van der Waals surface area contributed by atoms with Gasteiger partial charge in [-0.15, -0.1) is 11.3 Å². The molecule has 0 aliphatic rings. The van der Waals surface area contributed by atoms with Gasteiger partial charge in [-0.1, -0.05) is 0 Å². The molecule has 1 aromatic carbocycles. The number of halogens is 2. The van der Waals surface area contributed by atoms with Crippen LogP contribution >= 0.6 is 11.3 Å². The van der Waals surface area contributed by atoms with Crippen molar-refractivity contribution in [3.8, 4) is 11.3 Å². The third-order valence-corrected chi connectivity index (χ3v) is 3.49. The smallest absolute Gasteiger partial charge is 0.159 e. The third-order valence-electron chi connectivity index (χ3n) is 2.58. The zero-order chi connectivity index (χ0) is 13.1. The molecule has 1 unspecified atom stereocenters. The number of aryl methyl sites for hydroxylation is 1. The standard InChI is InChI=1S/C13H14F2N2S/c1-8(16)2-5-13-17-12(7-18-13)9-3-4-10(14)11(15)6-9/h3-4,6-8H,2,5,16H2,1H3. The van der Waals surface area contributed by atoms with E-state index in [1.54, 1.807) is 0 Å². The van der Waals surface area contributed by atoms with E-state index in [2.05, 4.69) is 4.98 Å². The first-order chi connectivity index (χ1) is 8.56. The summed E-state index contributed by atoms with van der Waals surface area (Å²) in [4.78, 5) is 4.40. The average molecular weight is 268 g/mol. The van der Waals surface area contributed by atoms with Gasteiger partial charge in [-0.3, -0.25) is 0 Å². The van der Waals surface area contributed by atoms with Gasteiger partial charge in [-0.25, -0.2) is 13.8 Å². The van der Waals surface area contributed by atoms with Gasteiger partial charge in [0.25, 0.3) is 0 Å². The zero-order valence-electron chi connectivity index (χ0n) is 9.99. The summed E-state index contributed by atoms with van der Waals surface area (Å²) in [5, 5.41) is 2.82. The van der Waals surface area contributed by atoms with E-state index in [9.17, 15) is 8.78 Å². The van der Waals surface area contributed by atoms with E-state index in [4.69, 9.17) is 5.73 Å². The molecule has 2 N–H and O–H groups in total. The summed E-state index contributed by atoms with van der Waals surface area (Å²) in [5.74, 6) is -1.69. The molecule has 96 valence electrons. The lowest BCUT2D eigenvalue weighted by Crippen LogP contribution is -2.15. The van der Waals surface area contributed by atoms with Crippen molar-refractivity contribution < 1.29 is 8.78 Å². The van der Waals surface area contributed by atoms with Gasteiger partial charge in [0.05, 0.1) is 10.7 Å². The predicted octanol–water partition coefficient (Wildman–Crippen LogP) is 3.37. The third kappa shape index (κ3) is 3.11. The topological polar surface area (TPSA) is 38.9 Å². The van der Waals surface area contributed by atoms with Crippen molar-refractivity contribution in [2.24, 2.45) is 5.73 Å². The second-order valence-corrected chi connectivity index (χ2v) is 5.21. The van der Waals surface area contributed by atoms with Crippen LogP contribution in [-0.4, -0.2) is 11.0 Å². The lowest BCUT2D eigenvalue weighted by atomic mass is 10.1. The molecule has 0 fully saturated rings. The normalized spacial score (nSPS) is 12.7. The summed E-state index contributed by atoms with van der Waals surface area (Å²) < 4.78 is 25.9. The zero-order valence-corrected chi connectivity index (χ0v) is 10.8. The van der Waals surface area contributed by atoms with Crippen LogP contribution < -0.4 is 5.73 Å². The Morgan fingerprint density at radius 3 is 2.78 bits per heavy atom. The molecule has 0 bridgehead atoms. The number of nitrogens with two attached hydrogens (primary N) is 1. The molecule has 2 nitrogen and oxygen atoms in total. The van der Waals surface area contributed by atoms with E-state index in [1.165, 1.54) is 23.5 Å². The van der Waals surface area contributed by atoms with Gasteiger partial charge in [-0.2, -0.15) is 0 Å². The molecular formula is C13H14F2N2S. The van der Waals surface area contributed by atoms with Gasteiger partial charge in [0.2, 0.25) is 0 Å². The number of aromatic nitrogens is 1. The Morgan fingerprint density at radius 2 is 2.11 bits per heavy atom. The van der Waals surface area contributed by atoms with Crippen LogP contribution in [0.25, 0.3) is 11.3 Å². The average Bonchev–Trinajstić information content (AvgIpc) is 2.79. The second kappa shape index (κ2) is 5.54. The number of benzene rings is 1. The van der Waals surface area contributed by atoms with E-state index in [0.717, 1.165) is 23.9 Å². The van der Waals surface area contributed by atoms with Gasteiger partial charge in [0.15, 0.2) is 11.6 Å². The quantitative estimate of drug-likeness (QED) is 0.923. The molecule has 2 rings (SSSR count). The SMILES string of the molecule is CC(N)CCc1nc(-c2ccc(F)c(F)c2)cs1. The lowest BCUT2D eigenvalue weighted by Gasteiger charge is -2.01. The van der Waals surface area contributed by atoms with Crippen LogP contribution in [0, 0.1) is 11.6 Å². The fourth-order valence-corrected chi connectivity index (χ4v) is 2.39. The van der Waals surface area contributed by atoms with Crippen LogP contribution in [0.4, 0.5) is 8.78 Å². The highest BCUT2D eigenvalue weighted by Gasteiger charge is 2.08. The van der Waals surface area contributed by atoms with Crippen LogP contribution in [0.15, 0.2) is 23.6 Å². The largest absolute Gasteiger partial charge is 0.328 e. The van der Waals surface area contributed by atoms with Crippen LogP contribution in [0.3, 0.4) is 0 Å². The van der Waals surface area contributed by atoms with Crippen molar-refractivity contribution in [2.75, 3.05) is 0 Å². The predicted molar refractivity (Wildman–Crippen MR) is 69.4 cm³/mol. The van der Waals surface area contributed by atoms with Gasteiger partial charge < -0.3 is 5.73 Å². The van der Waals surface area contributed by atoms with Crippen molar-refractivity contribution in [1.29, 1.82) is 0 Å². The van der Waals surface area contributed by atoms with Gasteiger partial charge >= 0.3 is 0 Å². The maximum atomic E-state index is 13.1. The molecule has 0 aliphatic heterocycles. The molecule has 1 heterocycles. The molecule has 0 saturated heterocycles. The van der Waals surface area contributed by atoms with Crippen molar-refractivity contribution in [2.45, 2.75) is 25.8 Å². The highest BCUT2D eigenvalue weighted by molar-refractivity contribution is 7.09. The Bertz CT molecular complexity index is 538. The van der Waals surface area contributed by atoms with Crippen molar-refractivity contribution in [3.05, 3.63) is 40.2 Å². The number of rotatable bonds is 4. The summed E-state index contributed by atoms with van der Waals surface area (Å²) in [6.07, 6.45) is 1.68. The molecule has 1 aromatic heterocycles. The number of hydrogen-bond acceptors (Lipinski definition) is 3. The Balaban J connectivity index is 2.16. The van der Waals surface area contributed by atoms with Gasteiger partial charge in [-0.05, 0) is 31.5 Å². The summed E-state index contributed by atoms with van der Waals surface area (Å²) in [6, 6.07) is 3.95. The van der Waals surface area contributed by atoms with Crippen molar-refractivity contribution >= 4 is 11.3 Å². The summed E-state index contributed by atoms with van der Waals surface area (Å²) in [5.41, 5.74) is 6.95. The number of hydrogen-bond donors (Lipinski definition) is 1. The molecule has 0 spiro atoms. The molecule has 0 radical (unpaired) electrons. The maximum Gasteiger partial charge on any atom is 0.159 e. The van der Waals surface area contributed by atoms with E-state index >= 15 is 0 Å². The van der Waals surface area contributed by atoms with Crippen LogP contribution in [0.5, 0.6) is 0 Å². The molecular weight excluding hydrogens is 254 g/mol. The number of nitrogens with zero attached hydrogens (tertiary/aromatic N) is 1. The molecule has 0 saturated carbocycles. The first kappa shape index (κ1) is 13.1. The fourth-order valence-electron chi connectivity index (χ4n) is 1.56. The van der Waals surface area contributed by atoms with Crippen molar-refractivity contribution in [3.63, 3.8) is 0 Å². The first-order valence-corrected chi connectivity index (χ1v) is 6.59. The van der Waals surface area contributed by atoms with Crippen molar-refractivity contribution in [1.82, 2.24) is 4.98 Å². The molecule has 0 aliphatic carbocycles. The van der Waals surface area contributed by atoms with Crippen LogP contribution in [0.1, 0.15) is 18.4 Å². The minimum atomic E-state index is -0.849. The maximum absolute atomic E-state index is 13.1. The Morgan fingerprint density at radius 1 is 1.33 bits per heavy atom. The Hall–Kier alpha value is -1.33. The molecule has 1 atom stereocenters. The minimum absolute atomic E-state index is 0.139. The minimum Gasteiger partial charge on any atom is -0.328 e. The Kier molecular flexibility index (Phi) is 4.04. The van der Waals surface area contributed by atoms with Crippen LogP contribution in [-0.2, 0) is 6.42 Å². The van der Waals surface area contributed by atoms with E-state index in [1.807, 2.05) is 12.3 Å². The monoisotopic (exact) mass is 268 g/mol. The van der Waals surface area contributed by atoms with Gasteiger partial charge in [0, 0.05) is 23.4 Å².